The van der Waals surface area contributed by atoms with Gasteiger partial charge in [0.05, 0.1) is 11.7 Å². The quantitative estimate of drug-likeness (QED) is 0.782. The highest BCUT2D eigenvalue weighted by Gasteiger charge is 2.28. The molecule has 1 aromatic carbocycles. The Bertz CT molecular complexity index is 816. The van der Waals surface area contributed by atoms with Crippen LogP contribution < -0.4 is 15.4 Å². The molecule has 0 aliphatic carbocycles. The number of carbonyl (C=O) groups excluding carboxylic acids is 1. The molecule has 0 atom stereocenters. The Balaban J connectivity index is 1.59. The van der Waals surface area contributed by atoms with Gasteiger partial charge in [0, 0.05) is 6.54 Å². The largest absolute Gasteiger partial charge is 0.484 e. The van der Waals surface area contributed by atoms with Gasteiger partial charge in [-0.1, -0.05) is 17.3 Å². The zero-order valence-corrected chi connectivity index (χ0v) is 15.4. The van der Waals surface area contributed by atoms with Gasteiger partial charge in [0.25, 0.3) is 5.91 Å². The number of carbonyl (C=O) groups is 1. The Labute approximate surface area is 160 Å². The van der Waals surface area contributed by atoms with E-state index < -0.39 is 12.8 Å². The molecule has 1 aromatic heterocycles. The third-order valence-electron chi connectivity index (χ3n) is 4.55. The number of halogens is 3. The predicted molar refractivity (Wildman–Crippen MR) is 95.1 cm³/mol. The number of piperidine rings is 1. The number of nitrogens with one attached hydrogen (secondary N) is 2. The molecule has 2 aromatic rings. The van der Waals surface area contributed by atoms with E-state index in [1.165, 1.54) is 12.1 Å². The van der Waals surface area contributed by atoms with Crippen molar-refractivity contribution in [1.82, 2.24) is 25.6 Å². The summed E-state index contributed by atoms with van der Waals surface area (Å²) < 4.78 is 43.3. The molecule has 0 bridgehead atoms. The summed E-state index contributed by atoms with van der Waals surface area (Å²) in [4.78, 5) is 12.5. The van der Waals surface area contributed by atoms with Gasteiger partial charge in [-0.25, -0.2) is 4.68 Å². The Morgan fingerprint density at radius 1 is 1.36 bits per heavy atom. The van der Waals surface area contributed by atoms with Crippen LogP contribution in [0.2, 0.25) is 0 Å². The molecule has 0 spiro atoms. The molecule has 1 aliphatic rings. The minimum Gasteiger partial charge on any atom is -0.484 e. The first kappa shape index (κ1) is 20.1. The lowest BCUT2D eigenvalue weighted by Gasteiger charge is -2.23. The SMILES string of the molecule is Cc1c(C(=O)NCc2cccc(OCC(F)(F)F)c2)nnn1C1CCNCC1. The van der Waals surface area contributed by atoms with Crippen molar-refractivity contribution >= 4 is 5.91 Å². The Morgan fingerprint density at radius 2 is 2.11 bits per heavy atom. The summed E-state index contributed by atoms with van der Waals surface area (Å²) in [6.45, 7) is 2.39. The molecule has 2 N–H and O–H groups in total. The van der Waals surface area contributed by atoms with E-state index in [4.69, 9.17) is 4.74 Å². The molecule has 152 valence electrons. The van der Waals surface area contributed by atoms with Crippen LogP contribution in [0.3, 0.4) is 0 Å². The maximum atomic E-state index is 12.5. The first-order valence-corrected chi connectivity index (χ1v) is 9.02. The molecule has 0 unspecified atom stereocenters. The van der Waals surface area contributed by atoms with E-state index >= 15 is 0 Å². The van der Waals surface area contributed by atoms with Crippen LogP contribution in [0.15, 0.2) is 24.3 Å². The zero-order chi connectivity index (χ0) is 20.1. The first-order chi connectivity index (χ1) is 13.3. The monoisotopic (exact) mass is 397 g/mol. The lowest BCUT2D eigenvalue weighted by atomic mass is 10.1. The van der Waals surface area contributed by atoms with Crippen LogP contribution in [0.25, 0.3) is 0 Å². The summed E-state index contributed by atoms with van der Waals surface area (Å²) in [6, 6.07) is 6.39. The average Bonchev–Trinajstić information content (AvgIpc) is 3.06. The van der Waals surface area contributed by atoms with Gasteiger partial charge in [-0.05, 0) is 50.6 Å². The van der Waals surface area contributed by atoms with Crippen LogP contribution in [0.1, 0.15) is 40.6 Å². The van der Waals surface area contributed by atoms with Crippen LogP contribution in [-0.4, -0.2) is 46.8 Å². The second-order valence-electron chi connectivity index (χ2n) is 6.68. The van der Waals surface area contributed by atoms with Gasteiger partial charge in [-0.15, -0.1) is 5.10 Å². The summed E-state index contributed by atoms with van der Waals surface area (Å²) in [7, 11) is 0. The zero-order valence-electron chi connectivity index (χ0n) is 15.4. The Morgan fingerprint density at radius 3 is 2.82 bits per heavy atom. The molecule has 3 rings (SSSR count). The van der Waals surface area contributed by atoms with Gasteiger partial charge >= 0.3 is 6.18 Å². The maximum Gasteiger partial charge on any atom is 0.422 e. The second-order valence-corrected chi connectivity index (χ2v) is 6.68. The predicted octanol–water partition coefficient (Wildman–Crippen LogP) is 2.38. The highest BCUT2D eigenvalue weighted by molar-refractivity contribution is 5.93. The van der Waals surface area contributed by atoms with E-state index in [9.17, 15) is 18.0 Å². The minimum atomic E-state index is -4.40. The molecular weight excluding hydrogens is 375 g/mol. The molecule has 1 amide bonds. The van der Waals surface area contributed by atoms with Crippen LogP contribution in [0.5, 0.6) is 5.75 Å². The van der Waals surface area contributed by atoms with E-state index in [0.29, 0.717) is 11.3 Å². The summed E-state index contributed by atoms with van der Waals surface area (Å²) in [6.07, 6.45) is -2.55. The summed E-state index contributed by atoms with van der Waals surface area (Å²) in [5.41, 5.74) is 1.58. The molecule has 1 aliphatic heterocycles. The summed E-state index contributed by atoms with van der Waals surface area (Å²) in [5, 5.41) is 14.1. The van der Waals surface area contributed by atoms with Crippen molar-refractivity contribution in [3.8, 4) is 5.75 Å². The van der Waals surface area contributed by atoms with Crippen molar-refractivity contribution in [2.24, 2.45) is 0 Å². The van der Waals surface area contributed by atoms with Gasteiger partial charge in [-0.3, -0.25) is 4.79 Å². The lowest BCUT2D eigenvalue weighted by Crippen LogP contribution is -2.30. The smallest absolute Gasteiger partial charge is 0.422 e. The van der Waals surface area contributed by atoms with Crippen molar-refractivity contribution in [1.29, 1.82) is 0 Å². The number of alkyl halides is 3. The van der Waals surface area contributed by atoms with Crippen molar-refractivity contribution in [2.45, 2.75) is 38.5 Å². The Hall–Kier alpha value is -2.62. The van der Waals surface area contributed by atoms with E-state index in [-0.39, 0.29) is 29.9 Å². The second kappa shape index (κ2) is 8.59. The number of nitrogens with zero attached hydrogens (tertiary/aromatic N) is 3. The Kier molecular flexibility index (Phi) is 6.18. The van der Waals surface area contributed by atoms with Crippen molar-refractivity contribution < 1.29 is 22.7 Å². The normalized spacial score (nSPS) is 15.4. The topological polar surface area (TPSA) is 81.1 Å². The van der Waals surface area contributed by atoms with Gasteiger partial charge in [0.1, 0.15) is 5.75 Å². The molecule has 0 radical (unpaired) electrons. The third kappa shape index (κ3) is 5.22. The fraction of sp³-hybridized carbons (Fsp3) is 0.500. The van der Waals surface area contributed by atoms with Crippen molar-refractivity contribution in [3.05, 3.63) is 41.2 Å². The third-order valence-corrected chi connectivity index (χ3v) is 4.55. The highest BCUT2D eigenvalue weighted by Crippen LogP contribution is 2.21. The van der Waals surface area contributed by atoms with Crippen molar-refractivity contribution in [2.75, 3.05) is 19.7 Å². The molecule has 10 heteroatoms. The number of aromatic nitrogens is 3. The number of hydrogen-bond donors (Lipinski definition) is 2. The molecule has 1 fully saturated rings. The standard InChI is InChI=1S/C18H22F3N5O2/c1-12-16(24-25-26(12)14-5-7-22-8-6-14)17(27)23-10-13-3-2-4-15(9-13)28-11-18(19,20)21/h2-4,9,14,22H,5-8,10-11H2,1H3,(H,23,27). The van der Waals surface area contributed by atoms with E-state index in [1.54, 1.807) is 16.8 Å². The van der Waals surface area contributed by atoms with E-state index in [0.717, 1.165) is 25.9 Å². The van der Waals surface area contributed by atoms with Crippen molar-refractivity contribution in [3.63, 3.8) is 0 Å². The van der Waals surface area contributed by atoms with Crippen LogP contribution in [0.4, 0.5) is 13.2 Å². The maximum absolute atomic E-state index is 12.5. The molecule has 0 saturated carbocycles. The van der Waals surface area contributed by atoms with Gasteiger partial charge in [-0.2, -0.15) is 13.2 Å². The molecule has 7 nitrogen and oxygen atoms in total. The van der Waals surface area contributed by atoms with E-state index in [1.807, 2.05) is 6.92 Å². The average molecular weight is 397 g/mol. The van der Waals surface area contributed by atoms with Gasteiger partial charge in [0.15, 0.2) is 12.3 Å². The molecule has 2 heterocycles. The van der Waals surface area contributed by atoms with Gasteiger partial charge in [0.2, 0.25) is 0 Å². The fourth-order valence-corrected chi connectivity index (χ4v) is 3.13. The number of hydrogen-bond acceptors (Lipinski definition) is 5. The molecular formula is C18H22F3N5O2. The van der Waals surface area contributed by atoms with E-state index in [2.05, 4.69) is 20.9 Å². The van der Waals surface area contributed by atoms with Gasteiger partial charge < -0.3 is 15.4 Å². The lowest BCUT2D eigenvalue weighted by molar-refractivity contribution is -0.153. The molecule has 1 saturated heterocycles. The number of benzene rings is 1. The van der Waals surface area contributed by atoms with Crippen LogP contribution >= 0.6 is 0 Å². The first-order valence-electron chi connectivity index (χ1n) is 9.02. The summed E-state index contributed by atoms with van der Waals surface area (Å²) in [5.74, 6) is -0.281. The summed E-state index contributed by atoms with van der Waals surface area (Å²) >= 11 is 0. The number of amides is 1. The molecule has 28 heavy (non-hydrogen) atoms. The van der Waals surface area contributed by atoms with Crippen LogP contribution in [-0.2, 0) is 6.54 Å². The highest BCUT2D eigenvalue weighted by atomic mass is 19.4. The number of rotatable bonds is 6. The minimum absolute atomic E-state index is 0.0945. The number of ether oxygens (including phenoxy) is 1. The van der Waals surface area contributed by atoms with Crippen LogP contribution in [0, 0.1) is 6.92 Å². The fourth-order valence-electron chi connectivity index (χ4n) is 3.13.